The van der Waals surface area contributed by atoms with Crippen molar-refractivity contribution >= 4 is 17.5 Å². The van der Waals surface area contributed by atoms with Gasteiger partial charge in [-0.15, -0.1) is 0 Å². The van der Waals surface area contributed by atoms with Gasteiger partial charge in [0.1, 0.15) is 11.5 Å². The van der Waals surface area contributed by atoms with Crippen LogP contribution in [0.1, 0.15) is 81.3 Å². The fourth-order valence-electron chi connectivity index (χ4n) is 5.72. The Morgan fingerprint density at radius 3 is 2.49 bits per heavy atom. The van der Waals surface area contributed by atoms with Crippen LogP contribution in [0.5, 0.6) is 0 Å². The van der Waals surface area contributed by atoms with E-state index in [0.29, 0.717) is 49.0 Å². The average molecular weight is 506 g/mol. The molecule has 0 spiro atoms. The number of rotatable bonds is 5. The predicted octanol–water partition coefficient (Wildman–Crippen LogP) is 5.30. The molecule has 3 heterocycles. The Balaban J connectivity index is 1.33. The maximum Gasteiger partial charge on any atom is 0.274 e. The Kier molecular flexibility index (Phi) is 7.26. The molecule has 2 aliphatic rings. The first-order valence-corrected chi connectivity index (χ1v) is 13.5. The third-order valence-electron chi connectivity index (χ3n) is 7.86. The molecule has 2 aromatic heterocycles. The van der Waals surface area contributed by atoms with E-state index in [0.717, 1.165) is 24.0 Å². The van der Waals surface area contributed by atoms with Crippen LogP contribution < -0.4 is 0 Å². The summed E-state index contributed by atoms with van der Waals surface area (Å²) in [5.74, 6) is 0.449. The molecular weight excluding hydrogens is 469 g/mol. The van der Waals surface area contributed by atoms with Gasteiger partial charge in [-0.3, -0.25) is 9.59 Å². The summed E-state index contributed by atoms with van der Waals surface area (Å²) >= 11 is 0. The van der Waals surface area contributed by atoms with Crippen LogP contribution in [0, 0.1) is 11.7 Å². The molecule has 8 heteroatoms. The molecule has 196 valence electrons. The Morgan fingerprint density at radius 2 is 1.81 bits per heavy atom. The average Bonchev–Trinajstić information content (AvgIpc) is 3.32. The number of carbonyl (C=O) groups is 2. The second kappa shape index (κ2) is 10.6. The predicted molar refractivity (Wildman–Crippen MR) is 141 cm³/mol. The summed E-state index contributed by atoms with van der Waals surface area (Å²) in [6.45, 7) is 7.72. The molecule has 7 nitrogen and oxygen atoms in total. The summed E-state index contributed by atoms with van der Waals surface area (Å²) in [7, 11) is 0. The molecule has 1 aliphatic heterocycles. The molecule has 1 saturated heterocycles. The van der Waals surface area contributed by atoms with E-state index in [1.54, 1.807) is 27.7 Å². The van der Waals surface area contributed by atoms with Crippen LogP contribution in [0.25, 0.3) is 16.9 Å². The van der Waals surface area contributed by atoms with Gasteiger partial charge in [-0.1, -0.05) is 33.1 Å². The third-order valence-corrected chi connectivity index (χ3v) is 7.86. The molecule has 37 heavy (non-hydrogen) atoms. The van der Waals surface area contributed by atoms with E-state index < -0.39 is 0 Å². The van der Waals surface area contributed by atoms with Gasteiger partial charge >= 0.3 is 0 Å². The SMILES string of the molecule is CC(C)c1cc(-c2ccc(F)cc2)nn2cc(C(=O)N3CCN(C(=O)CC4CCCCC4)C(C)C3)nc12. The Labute approximate surface area is 217 Å². The van der Waals surface area contributed by atoms with Crippen LogP contribution in [0.2, 0.25) is 0 Å². The molecule has 1 saturated carbocycles. The molecular formula is C29H36FN5O2. The van der Waals surface area contributed by atoms with Crippen LogP contribution in [-0.4, -0.2) is 61.9 Å². The number of carbonyl (C=O) groups excluding carboxylic acids is 2. The van der Waals surface area contributed by atoms with Crippen molar-refractivity contribution in [1.29, 1.82) is 0 Å². The van der Waals surface area contributed by atoms with Crippen LogP contribution >= 0.6 is 0 Å². The lowest BCUT2D eigenvalue weighted by Crippen LogP contribution is -2.55. The number of piperazine rings is 1. The number of aromatic nitrogens is 3. The summed E-state index contributed by atoms with van der Waals surface area (Å²) < 4.78 is 15.1. The van der Waals surface area contributed by atoms with E-state index in [1.165, 1.54) is 31.4 Å². The summed E-state index contributed by atoms with van der Waals surface area (Å²) in [6.07, 6.45) is 8.36. The zero-order valence-electron chi connectivity index (χ0n) is 22.0. The van der Waals surface area contributed by atoms with Crippen molar-refractivity contribution in [3.8, 4) is 11.3 Å². The van der Waals surface area contributed by atoms with Crippen LogP contribution in [0.3, 0.4) is 0 Å². The van der Waals surface area contributed by atoms with Crippen molar-refractivity contribution in [2.24, 2.45) is 5.92 Å². The molecule has 2 amide bonds. The highest BCUT2D eigenvalue weighted by Gasteiger charge is 2.32. The van der Waals surface area contributed by atoms with E-state index in [4.69, 9.17) is 0 Å². The molecule has 3 aromatic rings. The second-order valence-corrected chi connectivity index (χ2v) is 10.9. The zero-order chi connectivity index (χ0) is 26.1. The van der Waals surface area contributed by atoms with Crippen molar-refractivity contribution < 1.29 is 14.0 Å². The van der Waals surface area contributed by atoms with Gasteiger partial charge in [0.05, 0.1) is 11.9 Å². The lowest BCUT2D eigenvalue weighted by molar-refractivity contribution is -0.136. The quantitative estimate of drug-likeness (QED) is 0.472. The van der Waals surface area contributed by atoms with Crippen molar-refractivity contribution in [3.63, 3.8) is 0 Å². The first kappa shape index (κ1) is 25.4. The number of fused-ring (bicyclic) bond motifs is 1. The number of imidazole rings is 1. The van der Waals surface area contributed by atoms with Gasteiger partial charge in [0.15, 0.2) is 5.65 Å². The smallest absolute Gasteiger partial charge is 0.274 e. The first-order valence-electron chi connectivity index (χ1n) is 13.5. The first-order chi connectivity index (χ1) is 17.8. The largest absolute Gasteiger partial charge is 0.336 e. The normalized spacial score (nSPS) is 19.1. The molecule has 0 bridgehead atoms. The number of hydrogen-bond donors (Lipinski definition) is 0. The van der Waals surface area contributed by atoms with Gasteiger partial charge in [-0.25, -0.2) is 13.9 Å². The van der Waals surface area contributed by atoms with Crippen molar-refractivity contribution in [1.82, 2.24) is 24.4 Å². The van der Waals surface area contributed by atoms with Gasteiger partial charge in [0.2, 0.25) is 5.91 Å². The summed E-state index contributed by atoms with van der Waals surface area (Å²) in [5.41, 5.74) is 3.47. The van der Waals surface area contributed by atoms with Crippen molar-refractivity contribution in [2.45, 2.75) is 71.3 Å². The second-order valence-electron chi connectivity index (χ2n) is 10.9. The minimum Gasteiger partial charge on any atom is -0.336 e. The molecule has 1 aromatic carbocycles. The standard InChI is InChI=1S/C29H36FN5O2/c1-19(2)24-16-25(22-9-11-23(30)12-10-22)32-35-18-26(31-28(24)35)29(37)33-13-14-34(20(3)17-33)27(36)15-21-7-5-4-6-8-21/h9-12,16,18-21H,4-8,13-15,17H2,1-3H3. The van der Waals surface area contributed by atoms with E-state index in [2.05, 4.69) is 23.9 Å². The van der Waals surface area contributed by atoms with Crippen molar-refractivity contribution in [3.05, 3.63) is 53.6 Å². The Bertz CT molecular complexity index is 1280. The third kappa shape index (κ3) is 5.38. The number of amides is 2. The highest BCUT2D eigenvalue weighted by atomic mass is 19.1. The minimum absolute atomic E-state index is 0.0275. The Hall–Kier alpha value is -3.29. The molecule has 2 fully saturated rings. The number of hydrogen-bond acceptors (Lipinski definition) is 4. The minimum atomic E-state index is -0.297. The monoisotopic (exact) mass is 505 g/mol. The van der Waals surface area contributed by atoms with Gasteiger partial charge in [0.25, 0.3) is 5.91 Å². The molecule has 1 atom stereocenters. The van der Waals surface area contributed by atoms with Crippen LogP contribution in [-0.2, 0) is 4.79 Å². The maximum absolute atomic E-state index is 13.5. The molecule has 5 rings (SSSR count). The van der Waals surface area contributed by atoms with Gasteiger partial charge in [-0.05, 0) is 61.9 Å². The number of benzene rings is 1. The number of halogens is 1. The highest BCUT2D eigenvalue weighted by Crippen LogP contribution is 2.28. The van der Waals surface area contributed by atoms with Crippen LogP contribution in [0.4, 0.5) is 4.39 Å². The Morgan fingerprint density at radius 1 is 1.08 bits per heavy atom. The molecule has 1 aliphatic carbocycles. The number of nitrogens with zero attached hydrogens (tertiary/aromatic N) is 5. The van der Waals surface area contributed by atoms with Gasteiger partial charge in [-0.2, -0.15) is 5.10 Å². The summed E-state index contributed by atoms with van der Waals surface area (Å²) in [4.78, 5) is 34.9. The molecule has 1 unspecified atom stereocenters. The lowest BCUT2D eigenvalue weighted by Gasteiger charge is -2.40. The molecule has 0 N–H and O–H groups in total. The van der Waals surface area contributed by atoms with E-state index in [1.807, 2.05) is 17.9 Å². The van der Waals surface area contributed by atoms with Crippen LogP contribution in [0.15, 0.2) is 36.5 Å². The fraction of sp³-hybridized carbons (Fsp3) is 0.517. The highest BCUT2D eigenvalue weighted by molar-refractivity contribution is 5.93. The summed E-state index contributed by atoms with van der Waals surface area (Å²) in [6, 6.07) is 8.17. The van der Waals surface area contributed by atoms with E-state index >= 15 is 0 Å². The van der Waals surface area contributed by atoms with Gasteiger partial charge < -0.3 is 9.80 Å². The summed E-state index contributed by atoms with van der Waals surface area (Å²) in [5, 5.41) is 4.68. The van der Waals surface area contributed by atoms with E-state index in [9.17, 15) is 14.0 Å². The molecule has 0 radical (unpaired) electrons. The van der Waals surface area contributed by atoms with Crippen molar-refractivity contribution in [2.75, 3.05) is 19.6 Å². The zero-order valence-corrected chi connectivity index (χ0v) is 22.0. The lowest BCUT2D eigenvalue weighted by atomic mass is 9.86. The fourth-order valence-corrected chi connectivity index (χ4v) is 5.72. The maximum atomic E-state index is 13.5. The van der Waals surface area contributed by atoms with Gasteiger partial charge in [0, 0.05) is 43.2 Å². The van der Waals surface area contributed by atoms with E-state index in [-0.39, 0.29) is 29.6 Å². The topological polar surface area (TPSA) is 70.8 Å².